The third-order valence-corrected chi connectivity index (χ3v) is 4.47. The Morgan fingerprint density at radius 1 is 1.35 bits per heavy atom. The number of rotatable bonds is 6. The summed E-state index contributed by atoms with van der Waals surface area (Å²) in [4.78, 5) is 0. The van der Waals surface area contributed by atoms with Gasteiger partial charge in [0.15, 0.2) is 0 Å². The Balaban J connectivity index is 2.63. The van der Waals surface area contributed by atoms with Crippen LogP contribution in [-0.4, -0.2) is 33.5 Å². The van der Waals surface area contributed by atoms with Crippen molar-refractivity contribution in [3.05, 3.63) is 0 Å². The molecule has 0 radical (unpaired) electrons. The van der Waals surface area contributed by atoms with E-state index in [1.807, 2.05) is 0 Å². The van der Waals surface area contributed by atoms with Crippen LogP contribution >= 0.6 is 0 Å². The third kappa shape index (κ3) is 7.47. The Morgan fingerprint density at radius 3 is 2.65 bits per heavy atom. The molecule has 116 valence electrons. The van der Waals surface area contributed by atoms with E-state index in [1.54, 1.807) is 0 Å². The molecule has 0 aromatic carbocycles. The Morgan fingerprint density at radius 2 is 2.10 bits per heavy atom. The second-order valence-electron chi connectivity index (χ2n) is 7.03. The fourth-order valence-electron chi connectivity index (χ4n) is 2.30. The van der Waals surface area contributed by atoms with Crippen LogP contribution in [0.4, 0.5) is 0 Å². The highest BCUT2D eigenvalue weighted by molar-refractivity contribution is 6.83. The van der Waals surface area contributed by atoms with Gasteiger partial charge >= 0.3 is 0 Å². The van der Waals surface area contributed by atoms with Crippen molar-refractivity contribution < 1.29 is 9.47 Å². The van der Waals surface area contributed by atoms with Gasteiger partial charge in [-0.1, -0.05) is 52.3 Å². The lowest BCUT2D eigenvalue weighted by Crippen LogP contribution is -2.33. The molecule has 3 unspecified atom stereocenters. The van der Waals surface area contributed by atoms with Gasteiger partial charge in [0.1, 0.15) is 14.2 Å². The van der Waals surface area contributed by atoms with Crippen molar-refractivity contribution >= 4 is 8.07 Å². The van der Waals surface area contributed by atoms with Crippen LogP contribution in [0, 0.1) is 17.4 Å². The average molecular weight is 297 g/mol. The normalized spacial score (nSPS) is 22.8. The molecule has 0 spiro atoms. The van der Waals surface area contributed by atoms with E-state index in [4.69, 9.17) is 9.47 Å². The largest absolute Gasteiger partial charge is 0.379 e. The van der Waals surface area contributed by atoms with E-state index in [0.717, 1.165) is 26.1 Å². The molecule has 1 rings (SSSR count). The first-order valence-corrected chi connectivity index (χ1v) is 11.7. The van der Waals surface area contributed by atoms with E-state index in [2.05, 4.69) is 45.0 Å². The molecule has 0 aromatic heterocycles. The fraction of sp³-hybridized carbons (Fsp3) is 0.882. The van der Waals surface area contributed by atoms with Crippen molar-refractivity contribution in [1.29, 1.82) is 0 Å². The zero-order valence-corrected chi connectivity index (χ0v) is 15.0. The molecule has 0 aromatic rings. The van der Waals surface area contributed by atoms with Crippen LogP contribution in [-0.2, 0) is 9.47 Å². The maximum atomic E-state index is 6.27. The van der Waals surface area contributed by atoms with E-state index in [1.165, 1.54) is 19.3 Å². The standard InChI is InChI=1S/C17H32O2Si/c1-6-7-9-15(2)17(11-13-20(3,4)5)19-16-10-8-12-18-14-16/h15-17H,6-10,12,14H2,1-5H3. The SMILES string of the molecule is CCCCC(C)C(C#C[Si](C)(C)C)OC1CCCOC1. The van der Waals surface area contributed by atoms with Crippen molar-refractivity contribution in [2.75, 3.05) is 13.2 Å². The second kappa shape index (κ2) is 8.87. The summed E-state index contributed by atoms with van der Waals surface area (Å²) in [6.45, 7) is 13.0. The minimum absolute atomic E-state index is 0.0833. The molecular weight excluding hydrogens is 264 g/mol. The number of unbranched alkanes of at least 4 members (excludes halogenated alkanes) is 1. The Kier molecular flexibility index (Phi) is 7.87. The fourth-order valence-corrected chi connectivity index (χ4v) is 2.88. The molecule has 1 aliphatic rings. The van der Waals surface area contributed by atoms with Crippen LogP contribution in [0.15, 0.2) is 0 Å². The van der Waals surface area contributed by atoms with E-state index in [-0.39, 0.29) is 12.2 Å². The summed E-state index contributed by atoms with van der Waals surface area (Å²) in [6.07, 6.45) is 6.26. The Hall–Kier alpha value is -0.303. The monoisotopic (exact) mass is 296 g/mol. The van der Waals surface area contributed by atoms with Crippen LogP contribution in [0.2, 0.25) is 19.6 Å². The first kappa shape index (κ1) is 17.7. The highest BCUT2D eigenvalue weighted by Crippen LogP contribution is 2.20. The van der Waals surface area contributed by atoms with Gasteiger partial charge in [-0.3, -0.25) is 0 Å². The molecule has 0 saturated carbocycles. The van der Waals surface area contributed by atoms with E-state index >= 15 is 0 Å². The average Bonchev–Trinajstić information content (AvgIpc) is 2.41. The van der Waals surface area contributed by atoms with Gasteiger partial charge in [0, 0.05) is 6.61 Å². The molecule has 1 heterocycles. The summed E-state index contributed by atoms with van der Waals surface area (Å²) in [5.74, 6) is 3.96. The number of ether oxygens (including phenoxy) is 2. The summed E-state index contributed by atoms with van der Waals surface area (Å²) in [5, 5.41) is 0. The van der Waals surface area contributed by atoms with Crippen LogP contribution in [0.3, 0.4) is 0 Å². The lowest BCUT2D eigenvalue weighted by Gasteiger charge is -2.28. The van der Waals surface area contributed by atoms with E-state index < -0.39 is 8.07 Å². The van der Waals surface area contributed by atoms with Gasteiger partial charge in [-0.15, -0.1) is 5.54 Å². The highest BCUT2D eigenvalue weighted by atomic mass is 28.3. The quantitative estimate of drug-likeness (QED) is 0.538. The molecule has 2 nitrogen and oxygen atoms in total. The van der Waals surface area contributed by atoms with E-state index in [0.29, 0.717) is 5.92 Å². The molecular formula is C17H32O2Si. The van der Waals surface area contributed by atoms with Crippen molar-refractivity contribution in [1.82, 2.24) is 0 Å². The van der Waals surface area contributed by atoms with Gasteiger partial charge in [0.2, 0.25) is 0 Å². The summed E-state index contributed by atoms with van der Waals surface area (Å²) < 4.78 is 11.8. The molecule has 3 atom stereocenters. The molecule has 3 heteroatoms. The highest BCUT2D eigenvalue weighted by Gasteiger charge is 2.23. The first-order valence-electron chi connectivity index (χ1n) is 8.18. The van der Waals surface area contributed by atoms with Crippen molar-refractivity contribution in [2.45, 2.75) is 77.8 Å². The minimum Gasteiger partial charge on any atom is -0.379 e. The molecule has 1 fully saturated rings. The number of hydrogen-bond donors (Lipinski definition) is 0. The zero-order chi connectivity index (χ0) is 15.0. The molecule has 20 heavy (non-hydrogen) atoms. The Bertz CT molecular complexity index is 318. The van der Waals surface area contributed by atoms with Gasteiger partial charge in [0.25, 0.3) is 0 Å². The second-order valence-corrected chi connectivity index (χ2v) is 11.8. The summed E-state index contributed by atoms with van der Waals surface area (Å²) in [5.41, 5.74) is 3.49. The molecule has 1 saturated heterocycles. The third-order valence-electron chi connectivity index (χ3n) is 3.58. The predicted octanol–water partition coefficient (Wildman–Crippen LogP) is 4.26. The van der Waals surface area contributed by atoms with Crippen molar-refractivity contribution in [2.24, 2.45) is 5.92 Å². The van der Waals surface area contributed by atoms with Gasteiger partial charge in [0.05, 0.1) is 12.7 Å². The van der Waals surface area contributed by atoms with Gasteiger partial charge in [-0.2, -0.15) is 0 Å². The number of hydrogen-bond acceptors (Lipinski definition) is 2. The lowest BCUT2D eigenvalue weighted by molar-refractivity contribution is -0.0807. The molecule has 0 amide bonds. The molecule has 1 aliphatic heterocycles. The Labute approximate surface area is 126 Å². The summed E-state index contributed by atoms with van der Waals surface area (Å²) >= 11 is 0. The van der Waals surface area contributed by atoms with E-state index in [9.17, 15) is 0 Å². The topological polar surface area (TPSA) is 18.5 Å². The van der Waals surface area contributed by atoms with Crippen LogP contribution in [0.5, 0.6) is 0 Å². The maximum absolute atomic E-state index is 6.27. The first-order chi connectivity index (χ1) is 9.42. The van der Waals surface area contributed by atoms with Crippen LogP contribution < -0.4 is 0 Å². The smallest absolute Gasteiger partial charge is 0.129 e. The van der Waals surface area contributed by atoms with Crippen molar-refractivity contribution in [3.8, 4) is 11.5 Å². The summed E-state index contributed by atoms with van der Waals surface area (Å²) in [6, 6.07) is 0. The maximum Gasteiger partial charge on any atom is 0.129 e. The molecule has 0 aliphatic carbocycles. The molecule has 0 N–H and O–H groups in total. The van der Waals surface area contributed by atoms with Gasteiger partial charge in [-0.05, 0) is 25.2 Å². The van der Waals surface area contributed by atoms with Gasteiger partial charge < -0.3 is 9.47 Å². The minimum atomic E-state index is -1.34. The lowest BCUT2D eigenvalue weighted by atomic mass is 9.98. The van der Waals surface area contributed by atoms with Crippen LogP contribution in [0.25, 0.3) is 0 Å². The van der Waals surface area contributed by atoms with Crippen LogP contribution in [0.1, 0.15) is 46.0 Å². The van der Waals surface area contributed by atoms with Crippen molar-refractivity contribution in [3.63, 3.8) is 0 Å². The predicted molar refractivity (Wildman–Crippen MR) is 88.5 cm³/mol. The zero-order valence-electron chi connectivity index (χ0n) is 14.0. The molecule has 0 bridgehead atoms. The van der Waals surface area contributed by atoms with Gasteiger partial charge in [-0.25, -0.2) is 0 Å². The summed E-state index contributed by atoms with van der Waals surface area (Å²) in [7, 11) is -1.34.